The first-order valence-corrected chi connectivity index (χ1v) is 7.14. The second kappa shape index (κ2) is 5.35. The van der Waals surface area contributed by atoms with E-state index in [1.807, 2.05) is 18.7 Å². The lowest BCUT2D eigenvalue weighted by atomic mass is 9.76. The second-order valence-electron chi connectivity index (χ2n) is 6.15. The molecule has 0 radical (unpaired) electrons. The van der Waals surface area contributed by atoms with Gasteiger partial charge >= 0.3 is 0 Å². The minimum atomic E-state index is 0.0330. The summed E-state index contributed by atoms with van der Waals surface area (Å²) in [6, 6.07) is 0. The Morgan fingerprint density at radius 2 is 2.05 bits per heavy atom. The number of nitrogens with zero attached hydrogens (tertiary/aromatic N) is 1. The highest BCUT2D eigenvalue weighted by Crippen LogP contribution is 2.49. The number of likely N-dealkylation sites (tertiary alicyclic amines) is 1. The van der Waals surface area contributed by atoms with Gasteiger partial charge in [0.2, 0.25) is 11.8 Å². The van der Waals surface area contributed by atoms with E-state index in [1.165, 1.54) is 0 Å². The van der Waals surface area contributed by atoms with Gasteiger partial charge in [-0.1, -0.05) is 12.0 Å². The fourth-order valence-corrected chi connectivity index (χ4v) is 3.63. The lowest BCUT2D eigenvalue weighted by molar-refractivity contribution is -0.129. The van der Waals surface area contributed by atoms with Crippen LogP contribution in [0, 0.1) is 11.3 Å². The lowest BCUT2D eigenvalue weighted by Gasteiger charge is -2.30. The summed E-state index contributed by atoms with van der Waals surface area (Å²) < 4.78 is 0. The molecule has 19 heavy (non-hydrogen) atoms. The number of amides is 2. The Morgan fingerprint density at radius 1 is 1.32 bits per heavy atom. The van der Waals surface area contributed by atoms with Gasteiger partial charge in [0.25, 0.3) is 0 Å². The average Bonchev–Trinajstić information content (AvgIpc) is 2.96. The predicted molar refractivity (Wildman–Crippen MR) is 74.5 cm³/mol. The third-order valence-electron chi connectivity index (χ3n) is 4.58. The van der Waals surface area contributed by atoms with Crippen LogP contribution < -0.4 is 5.32 Å². The summed E-state index contributed by atoms with van der Waals surface area (Å²) in [5.74, 6) is 0.329. The van der Waals surface area contributed by atoms with Crippen LogP contribution in [0.1, 0.15) is 39.5 Å². The van der Waals surface area contributed by atoms with Gasteiger partial charge in [-0.05, 0) is 33.1 Å². The average molecular weight is 264 g/mol. The Kier molecular flexibility index (Phi) is 3.97. The zero-order chi connectivity index (χ0) is 14.0. The maximum atomic E-state index is 12.1. The van der Waals surface area contributed by atoms with Crippen LogP contribution in [0.2, 0.25) is 0 Å². The molecule has 1 saturated heterocycles. The quantitative estimate of drug-likeness (QED) is 0.772. The number of carbonyl (C=O) groups is 2. The predicted octanol–water partition coefficient (Wildman–Crippen LogP) is 1.72. The molecule has 1 aliphatic heterocycles. The molecule has 2 amide bonds. The van der Waals surface area contributed by atoms with E-state index >= 15 is 0 Å². The van der Waals surface area contributed by atoms with Crippen molar-refractivity contribution >= 4 is 11.8 Å². The van der Waals surface area contributed by atoms with E-state index in [1.54, 1.807) is 13.1 Å². The van der Waals surface area contributed by atoms with Gasteiger partial charge < -0.3 is 10.2 Å². The van der Waals surface area contributed by atoms with Crippen molar-refractivity contribution in [1.82, 2.24) is 10.2 Å². The van der Waals surface area contributed by atoms with Crippen LogP contribution in [0.4, 0.5) is 0 Å². The summed E-state index contributed by atoms with van der Waals surface area (Å²) in [4.78, 5) is 26.0. The molecular weight excluding hydrogens is 240 g/mol. The van der Waals surface area contributed by atoms with Gasteiger partial charge in [-0.2, -0.15) is 0 Å². The third kappa shape index (κ3) is 2.67. The molecule has 1 aliphatic carbocycles. The minimum Gasteiger partial charge on any atom is -0.359 e. The van der Waals surface area contributed by atoms with Crippen molar-refractivity contribution in [1.29, 1.82) is 0 Å². The Balaban J connectivity index is 2.10. The molecule has 1 saturated carbocycles. The van der Waals surface area contributed by atoms with Crippen molar-refractivity contribution in [3.8, 4) is 0 Å². The molecule has 0 bridgehead atoms. The van der Waals surface area contributed by atoms with Crippen molar-refractivity contribution < 1.29 is 9.59 Å². The molecule has 1 N–H and O–H groups in total. The van der Waals surface area contributed by atoms with Crippen LogP contribution in [0.3, 0.4) is 0 Å². The molecule has 106 valence electrons. The highest BCUT2D eigenvalue weighted by Gasteiger charge is 2.50. The fourth-order valence-electron chi connectivity index (χ4n) is 3.63. The van der Waals surface area contributed by atoms with Gasteiger partial charge in [-0.3, -0.25) is 9.59 Å². The number of hydrogen-bond donors (Lipinski definition) is 1. The number of nitrogens with one attached hydrogen (secondary N) is 1. The van der Waals surface area contributed by atoms with E-state index in [-0.39, 0.29) is 23.1 Å². The van der Waals surface area contributed by atoms with E-state index in [4.69, 9.17) is 0 Å². The maximum absolute atomic E-state index is 12.1. The second-order valence-corrected chi connectivity index (χ2v) is 6.15. The number of hydrogen-bond acceptors (Lipinski definition) is 2. The van der Waals surface area contributed by atoms with Gasteiger partial charge in [0, 0.05) is 37.5 Å². The first kappa shape index (κ1) is 14.1. The summed E-state index contributed by atoms with van der Waals surface area (Å²) in [6.45, 7) is 5.41. The Hall–Kier alpha value is -1.32. The van der Waals surface area contributed by atoms with Gasteiger partial charge in [-0.15, -0.1) is 0 Å². The smallest absolute Gasteiger partial charge is 0.246 e. The zero-order valence-electron chi connectivity index (χ0n) is 12.2. The standard InChI is InChI=1S/C15H24N2O2/c1-11(2)9-13(18)17-8-7-15(10-17)6-4-5-12(15)14(19)16-3/h9,12H,4-8,10H2,1-3H3,(H,16,19)/t12-,15+/m1/s1. The zero-order valence-corrected chi connectivity index (χ0v) is 12.2. The van der Waals surface area contributed by atoms with Gasteiger partial charge in [0.05, 0.1) is 0 Å². The first-order chi connectivity index (χ1) is 8.98. The van der Waals surface area contributed by atoms with E-state index in [9.17, 15) is 9.59 Å². The summed E-state index contributed by atoms with van der Waals surface area (Å²) in [5.41, 5.74) is 1.06. The molecule has 0 unspecified atom stereocenters. The summed E-state index contributed by atoms with van der Waals surface area (Å²) >= 11 is 0. The SMILES string of the molecule is CNC(=O)[C@H]1CCC[C@@]12CCN(C(=O)C=C(C)C)C2. The molecule has 1 heterocycles. The van der Waals surface area contributed by atoms with Crippen LogP contribution in [0.15, 0.2) is 11.6 Å². The number of allylic oxidation sites excluding steroid dienone is 1. The molecule has 2 rings (SSSR count). The minimum absolute atomic E-state index is 0.0330. The van der Waals surface area contributed by atoms with Crippen molar-refractivity contribution in [3.63, 3.8) is 0 Å². The summed E-state index contributed by atoms with van der Waals surface area (Å²) in [7, 11) is 1.70. The molecule has 2 atom stereocenters. The number of rotatable bonds is 2. The third-order valence-corrected chi connectivity index (χ3v) is 4.58. The van der Waals surface area contributed by atoms with Crippen LogP contribution in [-0.2, 0) is 9.59 Å². The van der Waals surface area contributed by atoms with E-state index < -0.39 is 0 Å². The normalized spacial score (nSPS) is 29.6. The first-order valence-electron chi connectivity index (χ1n) is 7.14. The maximum Gasteiger partial charge on any atom is 0.246 e. The van der Waals surface area contributed by atoms with E-state index in [2.05, 4.69) is 5.32 Å². The van der Waals surface area contributed by atoms with E-state index in [0.29, 0.717) is 0 Å². The van der Waals surface area contributed by atoms with Crippen LogP contribution >= 0.6 is 0 Å². The lowest BCUT2D eigenvalue weighted by Crippen LogP contribution is -2.40. The highest BCUT2D eigenvalue weighted by molar-refractivity contribution is 5.88. The van der Waals surface area contributed by atoms with Gasteiger partial charge in [0.15, 0.2) is 0 Å². The van der Waals surface area contributed by atoms with Crippen molar-refractivity contribution in [2.24, 2.45) is 11.3 Å². The molecular formula is C15H24N2O2. The Labute approximate surface area is 115 Å². The summed E-state index contributed by atoms with van der Waals surface area (Å²) in [5, 5.41) is 2.78. The molecule has 0 aromatic heterocycles. The monoisotopic (exact) mass is 264 g/mol. The van der Waals surface area contributed by atoms with Crippen LogP contribution in [0.5, 0.6) is 0 Å². The largest absolute Gasteiger partial charge is 0.359 e. The van der Waals surface area contributed by atoms with Gasteiger partial charge in [0.1, 0.15) is 0 Å². The van der Waals surface area contributed by atoms with Crippen molar-refractivity contribution in [2.75, 3.05) is 20.1 Å². The molecule has 2 fully saturated rings. The molecule has 4 heteroatoms. The van der Waals surface area contributed by atoms with Crippen molar-refractivity contribution in [3.05, 3.63) is 11.6 Å². The van der Waals surface area contributed by atoms with Crippen molar-refractivity contribution in [2.45, 2.75) is 39.5 Å². The summed E-state index contributed by atoms with van der Waals surface area (Å²) in [6.07, 6.45) is 5.80. The Morgan fingerprint density at radius 3 is 2.68 bits per heavy atom. The van der Waals surface area contributed by atoms with Crippen LogP contribution in [-0.4, -0.2) is 36.9 Å². The van der Waals surface area contributed by atoms with Gasteiger partial charge in [-0.25, -0.2) is 0 Å². The van der Waals surface area contributed by atoms with Crippen LogP contribution in [0.25, 0.3) is 0 Å². The molecule has 0 aromatic rings. The Bertz CT molecular complexity index is 412. The van der Waals surface area contributed by atoms with E-state index in [0.717, 1.165) is 44.3 Å². The highest BCUT2D eigenvalue weighted by atomic mass is 16.2. The molecule has 2 aliphatic rings. The molecule has 0 aromatic carbocycles. The fraction of sp³-hybridized carbons (Fsp3) is 0.733. The molecule has 4 nitrogen and oxygen atoms in total. The number of carbonyl (C=O) groups excluding carboxylic acids is 2. The molecule has 1 spiro atoms. The topological polar surface area (TPSA) is 49.4 Å².